The molecule has 7 nitrogen and oxygen atoms in total. The van der Waals surface area contributed by atoms with Crippen molar-refractivity contribution in [1.29, 1.82) is 0 Å². The first-order valence-electron chi connectivity index (χ1n) is 6.87. The highest BCUT2D eigenvalue weighted by atomic mass is 16.6. The minimum absolute atomic E-state index is 0.0855. The highest BCUT2D eigenvalue weighted by molar-refractivity contribution is 5.78. The van der Waals surface area contributed by atoms with Gasteiger partial charge < -0.3 is 29.8 Å². The summed E-state index contributed by atoms with van der Waals surface area (Å²) in [7, 11) is 1.63. The summed E-state index contributed by atoms with van der Waals surface area (Å²) in [5.74, 6) is -0.951. The zero-order valence-electron chi connectivity index (χ0n) is 12.0. The van der Waals surface area contributed by atoms with Gasteiger partial charge in [-0.05, 0) is 12.8 Å². The Morgan fingerprint density at radius 3 is 2.35 bits per heavy atom. The predicted octanol–water partition coefficient (Wildman–Crippen LogP) is 0.0172. The Balaban J connectivity index is 1.94. The van der Waals surface area contributed by atoms with E-state index in [9.17, 15) is 4.79 Å². The summed E-state index contributed by atoms with van der Waals surface area (Å²) in [6.45, 7) is 3.08. The Kier molecular flexibility index (Phi) is 8.01. The Morgan fingerprint density at radius 2 is 1.80 bits per heavy atom. The predicted molar refractivity (Wildman–Crippen MR) is 71.7 cm³/mol. The number of hydrogen-bond donors (Lipinski definition) is 2. The average molecular weight is 291 g/mol. The van der Waals surface area contributed by atoms with Crippen molar-refractivity contribution >= 4 is 5.97 Å². The minimum atomic E-state index is -1.12. The van der Waals surface area contributed by atoms with Crippen LogP contribution in [0.2, 0.25) is 0 Å². The van der Waals surface area contributed by atoms with Crippen LogP contribution in [-0.2, 0) is 23.7 Å². The number of carboxylic acid groups (broad SMARTS) is 1. The van der Waals surface area contributed by atoms with E-state index in [4.69, 9.17) is 29.8 Å². The number of ether oxygens (including phenoxy) is 4. The van der Waals surface area contributed by atoms with E-state index < -0.39 is 11.5 Å². The van der Waals surface area contributed by atoms with Crippen LogP contribution < -0.4 is 5.73 Å². The van der Waals surface area contributed by atoms with Gasteiger partial charge in [0.05, 0.1) is 45.7 Å². The second-order valence-electron chi connectivity index (χ2n) is 4.91. The van der Waals surface area contributed by atoms with Crippen LogP contribution in [0.4, 0.5) is 0 Å². The molecule has 1 fully saturated rings. The second kappa shape index (κ2) is 9.25. The zero-order valence-corrected chi connectivity index (χ0v) is 12.0. The maximum atomic E-state index is 11.0. The minimum Gasteiger partial charge on any atom is -0.480 e. The number of carbonyl (C=O) groups is 1. The van der Waals surface area contributed by atoms with Gasteiger partial charge in [-0.2, -0.15) is 0 Å². The normalized spacial score (nSPS) is 26.0. The maximum Gasteiger partial charge on any atom is 0.323 e. The largest absolute Gasteiger partial charge is 0.480 e. The summed E-state index contributed by atoms with van der Waals surface area (Å²) in [6, 6.07) is 0. The first-order chi connectivity index (χ1) is 9.58. The van der Waals surface area contributed by atoms with Crippen LogP contribution in [0.3, 0.4) is 0 Å². The van der Waals surface area contributed by atoms with Crippen molar-refractivity contribution in [3.05, 3.63) is 0 Å². The fraction of sp³-hybridized carbons (Fsp3) is 0.923. The molecule has 0 radical (unpaired) electrons. The van der Waals surface area contributed by atoms with Gasteiger partial charge in [0.2, 0.25) is 0 Å². The molecule has 1 rings (SSSR count). The quantitative estimate of drug-likeness (QED) is 0.517. The Morgan fingerprint density at radius 1 is 1.20 bits per heavy atom. The van der Waals surface area contributed by atoms with Gasteiger partial charge in [-0.3, -0.25) is 4.79 Å². The van der Waals surface area contributed by atoms with E-state index in [0.717, 1.165) is 0 Å². The number of methoxy groups -OCH3 is 1. The van der Waals surface area contributed by atoms with E-state index in [1.165, 1.54) is 0 Å². The monoisotopic (exact) mass is 291 g/mol. The summed E-state index contributed by atoms with van der Waals surface area (Å²) in [5, 5.41) is 8.99. The van der Waals surface area contributed by atoms with Crippen LogP contribution >= 0.6 is 0 Å². The molecule has 1 saturated carbocycles. The van der Waals surface area contributed by atoms with E-state index in [1.807, 2.05) is 0 Å². The van der Waals surface area contributed by atoms with Crippen LogP contribution in [0.5, 0.6) is 0 Å². The smallest absolute Gasteiger partial charge is 0.323 e. The maximum absolute atomic E-state index is 11.0. The number of hydrogen-bond acceptors (Lipinski definition) is 6. The van der Waals surface area contributed by atoms with Crippen molar-refractivity contribution < 1.29 is 28.8 Å². The molecule has 2 unspecified atom stereocenters. The summed E-state index contributed by atoms with van der Waals surface area (Å²) in [6.07, 6.45) is 1.42. The summed E-state index contributed by atoms with van der Waals surface area (Å²) < 4.78 is 21.0. The van der Waals surface area contributed by atoms with Crippen molar-refractivity contribution in [2.45, 2.75) is 30.9 Å². The molecule has 2 atom stereocenters. The molecule has 1 aliphatic rings. The van der Waals surface area contributed by atoms with Crippen molar-refractivity contribution in [2.75, 3.05) is 46.8 Å². The molecule has 0 saturated heterocycles. The Labute approximate surface area is 119 Å². The lowest BCUT2D eigenvalue weighted by molar-refractivity contribution is -0.143. The van der Waals surface area contributed by atoms with E-state index in [2.05, 4.69) is 0 Å². The molecule has 20 heavy (non-hydrogen) atoms. The molecule has 1 aliphatic carbocycles. The third-order valence-electron chi connectivity index (χ3n) is 3.32. The summed E-state index contributed by atoms with van der Waals surface area (Å²) in [5.41, 5.74) is 4.64. The third kappa shape index (κ3) is 6.15. The molecule has 0 aromatic carbocycles. The summed E-state index contributed by atoms with van der Waals surface area (Å²) >= 11 is 0. The molecule has 0 aromatic rings. The van der Waals surface area contributed by atoms with Crippen LogP contribution in [0.25, 0.3) is 0 Å². The van der Waals surface area contributed by atoms with Gasteiger partial charge in [0, 0.05) is 13.5 Å². The third-order valence-corrected chi connectivity index (χ3v) is 3.32. The van der Waals surface area contributed by atoms with Gasteiger partial charge in [-0.25, -0.2) is 0 Å². The highest BCUT2D eigenvalue weighted by Gasteiger charge is 2.42. The SMILES string of the molecule is COCCOCCOCCOC1CCC(N)(C(=O)O)C1. The zero-order chi connectivity index (χ0) is 14.8. The number of aliphatic carboxylic acids is 1. The van der Waals surface area contributed by atoms with E-state index >= 15 is 0 Å². The molecule has 0 spiro atoms. The fourth-order valence-electron chi connectivity index (χ4n) is 2.10. The van der Waals surface area contributed by atoms with Gasteiger partial charge in [-0.15, -0.1) is 0 Å². The molecular formula is C13H25NO6. The Hall–Kier alpha value is -0.730. The fourth-order valence-corrected chi connectivity index (χ4v) is 2.10. The van der Waals surface area contributed by atoms with Crippen LogP contribution in [0.1, 0.15) is 19.3 Å². The van der Waals surface area contributed by atoms with Crippen molar-refractivity contribution in [2.24, 2.45) is 5.73 Å². The first kappa shape index (κ1) is 17.3. The molecule has 118 valence electrons. The Bertz CT molecular complexity index is 288. The van der Waals surface area contributed by atoms with Gasteiger partial charge in [0.1, 0.15) is 5.54 Å². The number of rotatable bonds is 11. The molecule has 0 aliphatic heterocycles. The molecule has 0 aromatic heterocycles. The number of carboxylic acids is 1. The van der Waals surface area contributed by atoms with Gasteiger partial charge in [-0.1, -0.05) is 0 Å². The standard InChI is InChI=1S/C13H25NO6/c1-17-4-5-18-6-7-19-8-9-20-11-2-3-13(14,10-11)12(15)16/h11H,2-10,14H2,1H3,(H,15,16). The second-order valence-corrected chi connectivity index (χ2v) is 4.91. The molecular weight excluding hydrogens is 266 g/mol. The molecule has 0 bridgehead atoms. The van der Waals surface area contributed by atoms with Crippen molar-refractivity contribution in [3.63, 3.8) is 0 Å². The summed E-state index contributed by atoms with van der Waals surface area (Å²) in [4.78, 5) is 11.0. The van der Waals surface area contributed by atoms with E-state index in [-0.39, 0.29) is 6.10 Å². The molecule has 0 amide bonds. The van der Waals surface area contributed by atoms with Gasteiger partial charge in [0.25, 0.3) is 0 Å². The average Bonchev–Trinajstić information content (AvgIpc) is 2.80. The molecule has 3 N–H and O–H groups in total. The lowest BCUT2D eigenvalue weighted by Gasteiger charge is -2.18. The van der Waals surface area contributed by atoms with Crippen LogP contribution in [0.15, 0.2) is 0 Å². The molecule has 0 heterocycles. The van der Waals surface area contributed by atoms with Gasteiger partial charge >= 0.3 is 5.97 Å². The first-order valence-corrected chi connectivity index (χ1v) is 6.87. The van der Waals surface area contributed by atoms with E-state index in [1.54, 1.807) is 7.11 Å². The topological polar surface area (TPSA) is 100 Å². The number of nitrogens with two attached hydrogens (primary N) is 1. The van der Waals surface area contributed by atoms with Gasteiger partial charge in [0.15, 0.2) is 0 Å². The van der Waals surface area contributed by atoms with Crippen molar-refractivity contribution in [3.8, 4) is 0 Å². The van der Waals surface area contributed by atoms with Crippen molar-refractivity contribution in [1.82, 2.24) is 0 Å². The van der Waals surface area contributed by atoms with Crippen LogP contribution in [-0.4, -0.2) is 69.5 Å². The highest BCUT2D eigenvalue weighted by Crippen LogP contribution is 2.29. The van der Waals surface area contributed by atoms with Crippen LogP contribution in [0, 0.1) is 0 Å². The lowest BCUT2D eigenvalue weighted by atomic mass is 10.00. The molecule has 7 heteroatoms. The lowest BCUT2D eigenvalue weighted by Crippen LogP contribution is -2.45. The van der Waals surface area contributed by atoms with E-state index in [0.29, 0.717) is 58.9 Å².